The van der Waals surface area contributed by atoms with Gasteiger partial charge in [0, 0.05) is 18.9 Å². The van der Waals surface area contributed by atoms with Crippen LogP contribution in [0.4, 0.5) is 10.7 Å². The fraction of sp³-hybridized carbons (Fsp3) is 0.643. The molecular formula is C14H21BrN4O2. The smallest absolute Gasteiger partial charge is 0.407 e. The first-order valence-corrected chi connectivity index (χ1v) is 7.80. The van der Waals surface area contributed by atoms with Gasteiger partial charge in [-0.1, -0.05) is 0 Å². The minimum Gasteiger partial charge on any atom is -0.444 e. The summed E-state index contributed by atoms with van der Waals surface area (Å²) >= 11 is 3.31. The zero-order valence-electron chi connectivity index (χ0n) is 12.6. The lowest BCUT2D eigenvalue weighted by molar-refractivity contribution is 0.0506. The van der Waals surface area contributed by atoms with Crippen molar-refractivity contribution in [1.82, 2.24) is 15.3 Å². The minimum absolute atomic E-state index is 0.176. The van der Waals surface area contributed by atoms with Crippen molar-refractivity contribution in [3.63, 3.8) is 0 Å². The molecule has 1 aromatic heterocycles. The summed E-state index contributed by atoms with van der Waals surface area (Å²) in [4.78, 5) is 20.2. The molecule has 116 valence electrons. The Bertz CT molecular complexity index is 495. The third kappa shape index (κ3) is 4.84. The molecule has 1 aromatic rings. The predicted octanol–water partition coefficient (Wildman–Crippen LogP) is 3.10. The van der Waals surface area contributed by atoms with Gasteiger partial charge in [0.25, 0.3) is 0 Å². The van der Waals surface area contributed by atoms with E-state index in [0.717, 1.165) is 23.7 Å². The lowest BCUT2D eigenvalue weighted by Gasteiger charge is -2.42. The molecule has 2 rings (SSSR count). The van der Waals surface area contributed by atoms with E-state index in [4.69, 9.17) is 4.74 Å². The zero-order chi connectivity index (χ0) is 15.5. The van der Waals surface area contributed by atoms with E-state index in [-0.39, 0.29) is 5.54 Å². The van der Waals surface area contributed by atoms with Crippen LogP contribution in [-0.2, 0) is 4.74 Å². The first kappa shape index (κ1) is 16.0. The van der Waals surface area contributed by atoms with E-state index in [9.17, 15) is 4.79 Å². The van der Waals surface area contributed by atoms with Crippen molar-refractivity contribution >= 4 is 28.0 Å². The van der Waals surface area contributed by atoms with Crippen LogP contribution >= 0.6 is 15.9 Å². The fourth-order valence-corrected chi connectivity index (χ4v) is 2.32. The topological polar surface area (TPSA) is 76.1 Å². The highest BCUT2D eigenvalue weighted by molar-refractivity contribution is 9.10. The Balaban J connectivity index is 1.89. The van der Waals surface area contributed by atoms with Crippen molar-refractivity contribution in [3.8, 4) is 0 Å². The number of ether oxygens (including phenoxy) is 1. The third-order valence-corrected chi connectivity index (χ3v) is 3.69. The van der Waals surface area contributed by atoms with E-state index in [1.165, 1.54) is 0 Å². The zero-order valence-corrected chi connectivity index (χ0v) is 14.2. The third-order valence-electron chi connectivity index (χ3n) is 3.28. The van der Waals surface area contributed by atoms with Crippen LogP contribution < -0.4 is 10.6 Å². The maximum absolute atomic E-state index is 11.7. The maximum Gasteiger partial charge on any atom is 0.407 e. The Morgan fingerprint density at radius 2 is 2.00 bits per heavy atom. The standard InChI is InChI=1S/C14H21BrN4O2/c1-13(2,3)21-12(20)18-9-14(5-4-6-14)19-11-16-7-10(15)8-17-11/h7-8H,4-6,9H2,1-3H3,(H,18,20)(H,16,17,19). The molecule has 0 bridgehead atoms. The molecule has 0 aliphatic heterocycles. The Hall–Kier alpha value is -1.37. The molecule has 0 saturated heterocycles. The second-order valence-electron chi connectivity index (χ2n) is 6.34. The van der Waals surface area contributed by atoms with E-state index in [0.29, 0.717) is 12.5 Å². The molecule has 0 radical (unpaired) electrons. The van der Waals surface area contributed by atoms with E-state index in [1.54, 1.807) is 12.4 Å². The predicted molar refractivity (Wildman–Crippen MR) is 84.2 cm³/mol. The number of carbonyl (C=O) groups excluding carboxylic acids is 1. The normalized spacial score (nSPS) is 16.8. The van der Waals surface area contributed by atoms with Crippen LogP contribution in [0.15, 0.2) is 16.9 Å². The summed E-state index contributed by atoms with van der Waals surface area (Å²) in [5, 5.41) is 6.15. The van der Waals surface area contributed by atoms with Crippen LogP contribution in [0.25, 0.3) is 0 Å². The minimum atomic E-state index is -0.487. The molecule has 2 N–H and O–H groups in total. The second kappa shape index (κ2) is 6.17. The van der Waals surface area contributed by atoms with Crippen LogP contribution in [0.1, 0.15) is 40.0 Å². The number of rotatable bonds is 4. The molecule has 6 nitrogen and oxygen atoms in total. The van der Waals surface area contributed by atoms with Gasteiger partial charge in [-0.25, -0.2) is 14.8 Å². The van der Waals surface area contributed by atoms with Gasteiger partial charge in [0.05, 0.1) is 10.0 Å². The van der Waals surface area contributed by atoms with Gasteiger partial charge in [-0.2, -0.15) is 0 Å². The first-order valence-electron chi connectivity index (χ1n) is 7.01. The number of hydrogen-bond acceptors (Lipinski definition) is 5. The SMILES string of the molecule is CC(C)(C)OC(=O)NCC1(Nc2ncc(Br)cn2)CCC1. The Morgan fingerprint density at radius 1 is 1.38 bits per heavy atom. The van der Waals surface area contributed by atoms with Crippen molar-refractivity contribution < 1.29 is 9.53 Å². The van der Waals surface area contributed by atoms with E-state index in [1.807, 2.05) is 20.8 Å². The molecule has 1 amide bonds. The Morgan fingerprint density at radius 3 is 2.48 bits per heavy atom. The van der Waals surface area contributed by atoms with Crippen molar-refractivity contribution in [2.75, 3.05) is 11.9 Å². The van der Waals surface area contributed by atoms with Gasteiger partial charge in [-0.05, 0) is 56.0 Å². The highest BCUT2D eigenvalue weighted by atomic mass is 79.9. The molecule has 0 spiro atoms. The molecule has 1 aliphatic rings. The molecule has 0 unspecified atom stereocenters. The average molecular weight is 357 g/mol. The number of carbonyl (C=O) groups is 1. The van der Waals surface area contributed by atoms with Crippen LogP contribution in [-0.4, -0.2) is 33.7 Å². The summed E-state index contributed by atoms with van der Waals surface area (Å²) in [5.41, 5.74) is -0.663. The van der Waals surface area contributed by atoms with Crippen LogP contribution in [0.2, 0.25) is 0 Å². The Kier molecular flexibility index (Phi) is 4.70. The second-order valence-corrected chi connectivity index (χ2v) is 7.25. The summed E-state index contributed by atoms with van der Waals surface area (Å²) in [7, 11) is 0. The highest BCUT2D eigenvalue weighted by Gasteiger charge is 2.38. The van der Waals surface area contributed by atoms with Gasteiger partial charge in [-0.3, -0.25) is 0 Å². The van der Waals surface area contributed by atoms with Gasteiger partial charge < -0.3 is 15.4 Å². The quantitative estimate of drug-likeness (QED) is 0.866. The number of hydrogen-bond donors (Lipinski definition) is 2. The average Bonchev–Trinajstić information content (AvgIpc) is 2.33. The van der Waals surface area contributed by atoms with Gasteiger partial charge in [-0.15, -0.1) is 0 Å². The summed E-state index contributed by atoms with van der Waals surface area (Å²) in [5.74, 6) is 0.573. The van der Waals surface area contributed by atoms with Crippen molar-refractivity contribution in [2.45, 2.75) is 51.2 Å². The lowest BCUT2D eigenvalue weighted by atomic mass is 9.76. The number of aromatic nitrogens is 2. The molecule has 21 heavy (non-hydrogen) atoms. The Labute approximate surface area is 133 Å². The van der Waals surface area contributed by atoms with Crippen LogP contribution in [0.5, 0.6) is 0 Å². The molecule has 1 heterocycles. The van der Waals surface area contributed by atoms with Crippen molar-refractivity contribution in [2.24, 2.45) is 0 Å². The number of halogens is 1. The van der Waals surface area contributed by atoms with Gasteiger partial charge in [0.2, 0.25) is 5.95 Å². The maximum atomic E-state index is 11.7. The van der Waals surface area contributed by atoms with E-state index >= 15 is 0 Å². The fourth-order valence-electron chi connectivity index (χ4n) is 2.12. The monoisotopic (exact) mass is 356 g/mol. The molecule has 0 atom stereocenters. The highest BCUT2D eigenvalue weighted by Crippen LogP contribution is 2.34. The molecule has 1 aliphatic carbocycles. The van der Waals surface area contributed by atoms with Crippen molar-refractivity contribution in [1.29, 1.82) is 0 Å². The molecular weight excluding hydrogens is 336 g/mol. The van der Waals surface area contributed by atoms with Crippen molar-refractivity contribution in [3.05, 3.63) is 16.9 Å². The lowest BCUT2D eigenvalue weighted by Crippen LogP contribution is -2.54. The molecule has 7 heteroatoms. The van der Waals surface area contributed by atoms with Crippen LogP contribution in [0, 0.1) is 0 Å². The molecule has 1 saturated carbocycles. The number of amides is 1. The number of nitrogens with one attached hydrogen (secondary N) is 2. The largest absolute Gasteiger partial charge is 0.444 e. The molecule has 0 aromatic carbocycles. The summed E-state index contributed by atoms with van der Waals surface area (Å²) in [6.45, 7) is 6.04. The number of nitrogens with zero attached hydrogens (tertiary/aromatic N) is 2. The van der Waals surface area contributed by atoms with Gasteiger partial charge in [0.15, 0.2) is 0 Å². The summed E-state index contributed by atoms with van der Waals surface area (Å²) < 4.78 is 6.09. The summed E-state index contributed by atoms with van der Waals surface area (Å²) in [6, 6.07) is 0. The first-order chi connectivity index (χ1) is 9.78. The number of anilines is 1. The van der Waals surface area contributed by atoms with E-state index in [2.05, 4.69) is 36.5 Å². The molecule has 1 fully saturated rings. The van der Waals surface area contributed by atoms with E-state index < -0.39 is 11.7 Å². The van der Waals surface area contributed by atoms with Gasteiger partial charge >= 0.3 is 6.09 Å². The number of alkyl carbamates (subject to hydrolysis) is 1. The summed E-state index contributed by atoms with van der Waals surface area (Å²) in [6.07, 6.45) is 6.07. The van der Waals surface area contributed by atoms with Crippen LogP contribution in [0.3, 0.4) is 0 Å². The van der Waals surface area contributed by atoms with Gasteiger partial charge in [0.1, 0.15) is 5.60 Å².